The third kappa shape index (κ3) is 13.0. The van der Waals surface area contributed by atoms with Crippen LogP contribution in [0.4, 0.5) is 0 Å². The van der Waals surface area contributed by atoms with Gasteiger partial charge in [0.2, 0.25) is 0 Å². The number of carbonyl (C=O) groups excluding carboxylic acids is 2. The molecule has 0 radical (unpaired) electrons. The second kappa shape index (κ2) is 24.3. The molecule has 0 N–H and O–H groups in total. The minimum atomic E-state index is -0.0330. The number of fused-ring (bicyclic) bond motifs is 2. The highest BCUT2D eigenvalue weighted by atomic mass is 32.1. The van der Waals surface area contributed by atoms with E-state index in [0.29, 0.717) is 36.1 Å². The van der Waals surface area contributed by atoms with E-state index in [1.807, 2.05) is 32.5 Å². The first-order chi connectivity index (χ1) is 31.6. The largest absolute Gasteiger partial charge is 0.306 e. The lowest BCUT2D eigenvalue weighted by atomic mass is 9.94. The molecular formula is C57H85N3O2S4. The summed E-state index contributed by atoms with van der Waals surface area (Å²) >= 11 is 7.28. The summed E-state index contributed by atoms with van der Waals surface area (Å²) in [6.45, 7) is 26.4. The molecule has 0 aromatic carbocycles. The van der Waals surface area contributed by atoms with Gasteiger partial charge in [-0.2, -0.15) is 0 Å². The first-order valence-corrected chi connectivity index (χ1v) is 29.6. The third-order valence-electron chi connectivity index (χ3n) is 13.6. The van der Waals surface area contributed by atoms with Crippen LogP contribution in [0, 0.1) is 11.8 Å². The summed E-state index contributed by atoms with van der Waals surface area (Å²) in [7, 11) is 0. The van der Waals surface area contributed by atoms with Crippen LogP contribution in [0.5, 0.6) is 0 Å². The summed E-state index contributed by atoms with van der Waals surface area (Å²) in [5, 5.41) is 1.25. The molecule has 4 aromatic rings. The average molecular weight is 973 g/mol. The lowest BCUT2D eigenvalue weighted by molar-refractivity contribution is -0.124. The molecule has 0 saturated heterocycles. The molecule has 4 aromatic heterocycles. The summed E-state index contributed by atoms with van der Waals surface area (Å²) in [4.78, 5) is 47.3. The van der Waals surface area contributed by atoms with Crippen LogP contribution in [0.25, 0.3) is 31.4 Å². The monoisotopic (exact) mass is 972 g/mol. The van der Waals surface area contributed by atoms with Crippen molar-refractivity contribution in [1.29, 1.82) is 0 Å². The molecule has 2 atom stereocenters. The number of unbranched alkanes of at least 4 members (excludes halogenated alkanes) is 15. The number of nitrogens with zero attached hydrogens (tertiary/aromatic N) is 3. The molecule has 0 fully saturated rings. The van der Waals surface area contributed by atoms with E-state index in [4.69, 9.17) is 4.98 Å². The Hall–Kier alpha value is -2.59. The van der Waals surface area contributed by atoms with Gasteiger partial charge in [0.15, 0.2) is 0 Å². The number of hydrogen-bond donors (Lipinski definition) is 0. The van der Waals surface area contributed by atoms with Crippen LogP contribution in [-0.4, -0.2) is 39.7 Å². The summed E-state index contributed by atoms with van der Waals surface area (Å²) in [6, 6.07) is 8.87. The van der Waals surface area contributed by atoms with Crippen LogP contribution >= 0.6 is 45.3 Å². The molecule has 2 aliphatic rings. The summed E-state index contributed by atoms with van der Waals surface area (Å²) < 4.78 is 1.29. The number of amides is 2. The smallest absolute Gasteiger partial charge is 0.261 e. The van der Waals surface area contributed by atoms with Crippen LogP contribution in [0.15, 0.2) is 35.4 Å². The maximum absolute atomic E-state index is 15.4. The first-order valence-electron chi connectivity index (χ1n) is 26.3. The Morgan fingerprint density at radius 3 is 1.47 bits per heavy atom. The van der Waals surface area contributed by atoms with Gasteiger partial charge in [0, 0.05) is 27.7 Å². The second-order valence-corrected chi connectivity index (χ2v) is 26.3. The van der Waals surface area contributed by atoms with E-state index < -0.39 is 0 Å². The molecule has 0 spiro atoms. The molecule has 6 heterocycles. The predicted molar refractivity (Wildman–Crippen MR) is 291 cm³/mol. The Kier molecular flexibility index (Phi) is 19.4. The van der Waals surface area contributed by atoms with Gasteiger partial charge in [0.25, 0.3) is 11.8 Å². The maximum Gasteiger partial charge on any atom is 0.261 e. The van der Waals surface area contributed by atoms with Gasteiger partial charge < -0.3 is 9.80 Å². The van der Waals surface area contributed by atoms with Gasteiger partial charge in [-0.25, -0.2) is 4.98 Å². The maximum atomic E-state index is 15.4. The highest BCUT2D eigenvalue weighted by molar-refractivity contribution is 7.29. The third-order valence-corrected chi connectivity index (χ3v) is 19.3. The highest BCUT2D eigenvalue weighted by Gasteiger charge is 2.50. The topological polar surface area (TPSA) is 53.5 Å². The number of rotatable bonds is 28. The lowest BCUT2D eigenvalue weighted by Gasteiger charge is -2.28. The van der Waals surface area contributed by atoms with Gasteiger partial charge in [0.1, 0.15) is 0 Å². The molecule has 0 saturated carbocycles. The van der Waals surface area contributed by atoms with Gasteiger partial charge in [-0.05, 0) is 72.6 Å². The summed E-state index contributed by atoms with van der Waals surface area (Å²) in [5.74, 6) is 0.630. The first kappa shape index (κ1) is 52.8. The van der Waals surface area contributed by atoms with Crippen molar-refractivity contribution in [3.8, 4) is 9.75 Å². The number of aryl methyl sites for hydroxylation is 1. The summed E-state index contributed by atoms with van der Waals surface area (Å²) in [5.41, 5.74) is 4.03. The van der Waals surface area contributed by atoms with E-state index in [1.165, 1.54) is 150 Å². The zero-order chi connectivity index (χ0) is 47.6. The molecule has 2 amide bonds. The number of aromatic nitrogens is 1. The van der Waals surface area contributed by atoms with Crippen LogP contribution in [-0.2, 0) is 26.8 Å². The van der Waals surface area contributed by atoms with Crippen molar-refractivity contribution < 1.29 is 9.59 Å². The van der Waals surface area contributed by atoms with E-state index in [-0.39, 0.29) is 22.6 Å². The molecule has 0 aliphatic carbocycles. The van der Waals surface area contributed by atoms with Crippen molar-refractivity contribution in [3.05, 3.63) is 59.9 Å². The van der Waals surface area contributed by atoms with Gasteiger partial charge in [0.05, 0.1) is 52.4 Å². The normalized spacial score (nSPS) is 15.7. The van der Waals surface area contributed by atoms with E-state index in [2.05, 4.69) is 100 Å². The molecule has 0 bridgehead atoms. The fourth-order valence-corrected chi connectivity index (χ4v) is 14.7. The average Bonchev–Trinajstić information content (AvgIpc) is 4.13. The van der Waals surface area contributed by atoms with Crippen LogP contribution in [0.3, 0.4) is 0 Å². The highest BCUT2D eigenvalue weighted by Crippen LogP contribution is 2.53. The predicted octanol–water partition coefficient (Wildman–Crippen LogP) is 18.2. The fourth-order valence-electron chi connectivity index (χ4n) is 9.77. The van der Waals surface area contributed by atoms with Crippen molar-refractivity contribution in [2.75, 3.05) is 13.1 Å². The van der Waals surface area contributed by atoms with Crippen LogP contribution in [0.2, 0.25) is 0 Å². The number of thiazole rings is 1. The number of thiophene rings is 3. The quantitative estimate of drug-likeness (QED) is 0.0533. The minimum absolute atomic E-state index is 0.000192. The standard InChI is InChI=1S/C57H85N3O2S4/c1-12-15-18-21-24-27-30-39(4)37-59-49(41-33-34-43(63-41)51-52-48(53(66-51)57(9,10)11)58-45(65-52)32-29-26-23-20-17-14-3)46-47(55(59)62)50(42-35-36-44(64-42)56(6,7)8)60(54(46)61)38-40(5)31-28-25-22-19-16-13-2/h33-36,39-40H,12-32,37-38H2,1-11H3. The molecule has 364 valence electrons. The van der Waals surface area contributed by atoms with Crippen LogP contribution in [0.1, 0.15) is 229 Å². The zero-order valence-corrected chi connectivity index (χ0v) is 46.3. The van der Waals surface area contributed by atoms with Gasteiger partial charge in [-0.1, -0.05) is 185 Å². The molecule has 2 aliphatic heterocycles. The zero-order valence-electron chi connectivity index (χ0n) is 43.0. The Morgan fingerprint density at radius 2 is 0.985 bits per heavy atom. The lowest BCUT2D eigenvalue weighted by Crippen LogP contribution is -2.33. The van der Waals surface area contributed by atoms with Crippen molar-refractivity contribution >= 4 is 78.8 Å². The molecule has 66 heavy (non-hydrogen) atoms. The minimum Gasteiger partial charge on any atom is -0.306 e. The Bertz CT molecular complexity index is 2270. The van der Waals surface area contributed by atoms with E-state index >= 15 is 9.59 Å². The second-order valence-electron chi connectivity index (χ2n) is 22.0. The molecule has 9 heteroatoms. The molecule has 2 unspecified atom stereocenters. The van der Waals surface area contributed by atoms with Gasteiger partial charge in [-0.3, -0.25) is 9.59 Å². The van der Waals surface area contributed by atoms with Gasteiger partial charge >= 0.3 is 0 Å². The Balaban J connectivity index is 1.40. The van der Waals surface area contributed by atoms with Crippen molar-refractivity contribution in [1.82, 2.24) is 14.8 Å². The number of hydrogen-bond acceptors (Lipinski definition) is 7. The Morgan fingerprint density at radius 1 is 0.530 bits per heavy atom. The van der Waals surface area contributed by atoms with E-state index in [0.717, 1.165) is 40.4 Å². The van der Waals surface area contributed by atoms with Crippen molar-refractivity contribution in [2.24, 2.45) is 11.8 Å². The molecule has 6 rings (SSSR count). The van der Waals surface area contributed by atoms with Crippen molar-refractivity contribution in [3.63, 3.8) is 0 Å². The Labute approximate surface area is 417 Å². The SMILES string of the molecule is CCCCCCCCc1nc2c(C(C)(C)C)sc(-c3ccc(C4=C5C(=O)N(CC(C)CCCCCCCC)C(c6ccc(C(C)(C)C)s6)=C5C(=O)N4CC(C)CCCCCCCC)s3)c2s1. The molecular weight excluding hydrogens is 887 g/mol. The van der Waals surface area contributed by atoms with Gasteiger partial charge in [-0.15, -0.1) is 45.3 Å². The van der Waals surface area contributed by atoms with E-state index in [9.17, 15) is 0 Å². The van der Waals surface area contributed by atoms with Crippen LogP contribution < -0.4 is 0 Å². The van der Waals surface area contributed by atoms with E-state index in [1.54, 1.807) is 22.7 Å². The fraction of sp³-hybridized carbons (Fsp3) is 0.667. The summed E-state index contributed by atoms with van der Waals surface area (Å²) in [6.07, 6.45) is 26.0. The van der Waals surface area contributed by atoms with Crippen molar-refractivity contribution in [2.45, 2.75) is 222 Å². The molecule has 5 nitrogen and oxygen atoms in total. The number of carbonyl (C=O) groups is 2.